The summed E-state index contributed by atoms with van der Waals surface area (Å²) in [7, 11) is 0. The molecule has 0 amide bonds. The highest BCUT2D eigenvalue weighted by molar-refractivity contribution is 5.88. The third-order valence-corrected chi connectivity index (χ3v) is 8.57. The van der Waals surface area contributed by atoms with Gasteiger partial charge in [-0.1, -0.05) is 32.0 Å². The Morgan fingerprint density at radius 3 is 2.35 bits per heavy atom. The van der Waals surface area contributed by atoms with Crippen LogP contribution in [0.5, 0.6) is 0 Å². The number of hydrogen-bond acceptors (Lipinski definition) is 6. The molecule has 0 unspecified atom stereocenters. The highest BCUT2D eigenvalue weighted by atomic mass is 19.1. The van der Waals surface area contributed by atoms with Crippen LogP contribution in [0.1, 0.15) is 81.6 Å². The molecule has 1 saturated heterocycles. The van der Waals surface area contributed by atoms with Gasteiger partial charge in [0.1, 0.15) is 5.82 Å². The summed E-state index contributed by atoms with van der Waals surface area (Å²) < 4.78 is 34.2. The van der Waals surface area contributed by atoms with E-state index in [1.165, 1.54) is 0 Å². The lowest BCUT2D eigenvalue weighted by Crippen LogP contribution is -2.39. The fraction of sp³-hybridized carbons (Fsp3) is 0.500. The summed E-state index contributed by atoms with van der Waals surface area (Å²) >= 11 is 0. The summed E-state index contributed by atoms with van der Waals surface area (Å²) in [6, 6.07) is 7.10. The molecule has 43 heavy (non-hydrogen) atoms. The Morgan fingerprint density at radius 2 is 1.72 bits per heavy atom. The Bertz CT molecular complexity index is 1540. The van der Waals surface area contributed by atoms with Crippen molar-refractivity contribution in [3.05, 3.63) is 70.2 Å². The fourth-order valence-corrected chi connectivity index (χ4v) is 6.28. The lowest BCUT2D eigenvalue weighted by molar-refractivity contribution is -0.160. The van der Waals surface area contributed by atoms with Gasteiger partial charge < -0.3 is 19.6 Å². The van der Waals surface area contributed by atoms with Crippen molar-refractivity contribution in [3.63, 3.8) is 0 Å². The van der Waals surface area contributed by atoms with Crippen LogP contribution in [0.25, 0.3) is 11.1 Å². The molecular formula is C34H42F2N4O3. The molecule has 5 rings (SSSR count). The van der Waals surface area contributed by atoms with Gasteiger partial charge in [-0.25, -0.2) is 18.6 Å². The standard InChI is InChI=1S/C34H42F2N4O3/c1-20-27(23-8-9-24-19-40(13-10-22(24)16-23)31-26(36)17-25(35)18-37-31)29(39-14-11-34(6,7)12-15-39)28(21(2)38-20)30(32(41)42)43-33(3,4)5/h8-9,16-18,30H,10-15,19H2,1-7H3,(H,41,42)/t30-/m0/s1. The molecule has 3 aromatic rings. The van der Waals surface area contributed by atoms with E-state index >= 15 is 0 Å². The largest absolute Gasteiger partial charge is 0.479 e. The number of anilines is 2. The smallest absolute Gasteiger partial charge is 0.337 e. The van der Waals surface area contributed by atoms with Crippen LogP contribution in [0.15, 0.2) is 30.5 Å². The molecule has 4 heterocycles. The zero-order chi connectivity index (χ0) is 31.3. The molecule has 1 N–H and O–H groups in total. The molecule has 2 aliphatic heterocycles. The van der Waals surface area contributed by atoms with Crippen LogP contribution < -0.4 is 9.80 Å². The summed E-state index contributed by atoms with van der Waals surface area (Å²) in [4.78, 5) is 25.8. The van der Waals surface area contributed by atoms with Crippen LogP contribution >= 0.6 is 0 Å². The highest BCUT2D eigenvalue weighted by Crippen LogP contribution is 2.45. The molecule has 0 saturated carbocycles. The van der Waals surface area contributed by atoms with Crippen LogP contribution in [-0.2, 0) is 22.5 Å². The number of ether oxygens (including phenoxy) is 1. The molecule has 230 valence electrons. The average molecular weight is 593 g/mol. The van der Waals surface area contributed by atoms with Crippen LogP contribution in [-0.4, -0.2) is 46.3 Å². The Morgan fingerprint density at radius 1 is 1.02 bits per heavy atom. The van der Waals surface area contributed by atoms with E-state index in [4.69, 9.17) is 9.72 Å². The number of nitrogens with zero attached hydrogens (tertiary/aromatic N) is 4. The van der Waals surface area contributed by atoms with Crippen molar-refractivity contribution in [2.24, 2.45) is 5.41 Å². The Labute approximate surface area is 252 Å². The first-order valence-corrected chi connectivity index (χ1v) is 15.0. The SMILES string of the molecule is Cc1nc(C)c([C@H](OC(C)(C)C)C(=O)O)c(N2CCC(C)(C)CC2)c1-c1ccc2c(c1)CCN(c1ncc(F)cc1F)C2. The third kappa shape index (κ3) is 6.51. The van der Waals surface area contributed by atoms with Gasteiger partial charge in [-0.3, -0.25) is 4.98 Å². The van der Waals surface area contributed by atoms with Crippen molar-refractivity contribution < 1.29 is 23.4 Å². The first-order valence-electron chi connectivity index (χ1n) is 15.0. The molecule has 0 bridgehead atoms. The molecule has 9 heteroatoms. The number of aromatic nitrogens is 2. The molecule has 0 radical (unpaired) electrons. The molecule has 7 nitrogen and oxygen atoms in total. The van der Waals surface area contributed by atoms with Crippen LogP contribution in [0.2, 0.25) is 0 Å². The van der Waals surface area contributed by atoms with Gasteiger partial charge in [-0.15, -0.1) is 0 Å². The molecule has 0 spiro atoms. The third-order valence-electron chi connectivity index (χ3n) is 8.57. The quantitative estimate of drug-likeness (QED) is 0.325. The van der Waals surface area contributed by atoms with Gasteiger partial charge in [0, 0.05) is 54.8 Å². The summed E-state index contributed by atoms with van der Waals surface area (Å²) in [5.74, 6) is -2.27. The van der Waals surface area contributed by atoms with Crippen molar-refractivity contribution in [2.45, 2.75) is 86.0 Å². The summed E-state index contributed by atoms with van der Waals surface area (Å²) in [5.41, 5.74) is 6.54. The number of carboxylic acids is 1. The second-order valence-corrected chi connectivity index (χ2v) is 13.6. The molecule has 2 aromatic heterocycles. The van der Waals surface area contributed by atoms with Gasteiger partial charge in [-0.2, -0.15) is 0 Å². The van der Waals surface area contributed by atoms with E-state index in [0.717, 1.165) is 71.8 Å². The second-order valence-electron chi connectivity index (χ2n) is 13.6. The van der Waals surface area contributed by atoms with E-state index in [-0.39, 0.29) is 11.2 Å². The van der Waals surface area contributed by atoms with E-state index < -0.39 is 29.3 Å². The van der Waals surface area contributed by atoms with Gasteiger partial charge in [0.15, 0.2) is 17.7 Å². The molecule has 1 atom stereocenters. The van der Waals surface area contributed by atoms with Gasteiger partial charge in [0.2, 0.25) is 0 Å². The Hall–Kier alpha value is -3.59. The minimum atomic E-state index is -1.18. The normalized spacial score (nSPS) is 17.5. The van der Waals surface area contributed by atoms with Gasteiger partial charge in [0.25, 0.3) is 0 Å². The van der Waals surface area contributed by atoms with Gasteiger partial charge >= 0.3 is 5.97 Å². The van der Waals surface area contributed by atoms with Crippen molar-refractivity contribution >= 4 is 17.5 Å². The van der Waals surface area contributed by atoms with E-state index in [9.17, 15) is 18.7 Å². The van der Waals surface area contributed by atoms with Crippen molar-refractivity contribution in [2.75, 3.05) is 29.4 Å². The van der Waals surface area contributed by atoms with E-state index in [0.29, 0.717) is 30.8 Å². The minimum Gasteiger partial charge on any atom is -0.479 e. The summed E-state index contributed by atoms with van der Waals surface area (Å²) in [6.45, 7) is 16.6. The first kappa shape index (κ1) is 30.9. The number of carbonyl (C=O) groups is 1. The van der Waals surface area contributed by atoms with Crippen LogP contribution in [0, 0.1) is 30.9 Å². The lowest BCUT2D eigenvalue weighted by atomic mass is 9.81. The van der Waals surface area contributed by atoms with Crippen molar-refractivity contribution in [1.29, 1.82) is 0 Å². The Kier molecular flexibility index (Phi) is 8.24. The predicted octanol–water partition coefficient (Wildman–Crippen LogP) is 7.17. The van der Waals surface area contributed by atoms with Crippen LogP contribution in [0.3, 0.4) is 0 Å². The Balaban J connectivity index is 1.61. The summed E-state index contributed by atoms with van der Waals surface area (Å²) in [5, 5.41) is 10.4. The van der Waals surface area contributed by atoms with Gasteiger partial charge in [-0.05, 0) is 76.0 Å². The van der Waals surface area contributed by atoms with Crippen molar-refractivity contribution in [3.8, 4) is 11.1 Å². The second kappa shape index (κ2) is 11.5. The number of benzene rings is 1. The number of aliphatic carboxylic acids is 1. The topological polar surface area (TPSA) is 78.8 Å². The molecule has 1 aromatic carbocycles. The number of carboxylic acid groups (broad SMARTS) is 1. The number of hydrogen-bond donors (Lipinski definition) is 1. The average Bonchev–Trinajstić information content (AvgIpc) is 2.91. The number of aryl methyl sites for hydroxylation is 2. The van der Waals surface area contributed by atoms with Crippen molar-refractivity contribution in [1.82, 2.24) is 9.97 Å². The first-order chi connectivity index (χ1) is 20.1. The highest BCUT2D eigenvalue weighted by Gasteiger charge is 2.36. The fourth-order valence-electron chi connectivity index (χ4n) is 6.28. The number of rotatable bonds is 6. The van der Waals surface area contributed by atoms with E-state index in [2.05, 4.69) is 29.8 Å². The maximum absolute atomic E-state index is 14.5. The molecule has 2 aliphatic rings. The number of pyridine rings is 2. The monoisotopic (exact) mass is 592 g/mol. The zero-order valence-electron chi connectivity index (χ0n) is 26.2. The predicted molar refractivity (Wildman–Crippen MR) is 164 cm³/mol. The summed E-state index contributed by atoms with van der Waals surface area (Å²) in [6.07, 6.45) is 2.49. The lowest BCUT2D eigenvalue weighted by Gasteiger charge is -2.41. The zero-order valence-corrected chi connectivity index (χ0v) is 26.2. The number of halogens is 2. The van der Waals surface area contributed by atoms with E-state index in [1.807, 2.05) is 51.7 Å². The maximum atomic E-state index is 14.5. The number of piperidine rings is 1. The number of fused-ring (bicyclic) bond motifs is 1. The molecule has 1 fully saturated rings. The molecule has 0 aliphatic carbocycles. The van der Waals surface area contributed by atoms with Crippen LogP contribution in [0.4, 0.5) is 20.3 Å². The maximum Gasteiger partial charge on any atom is 0.337 e. The van der Waals surface area contributed by atoms with Gasteiger partial charge in [0.05, 0.1) is 17.5 Å². The van der Waals surface area contributed by atoms with E-state index in [1.54, 1.807) is 0 Å². The molecular weight excluding hydrogens is 550 g/mol. The minimum absolute atomic E-state index is 0.146.